The van der Waals surface area contributed by atoms with Gasteiger partial charge in [-0.2, -0.15) is 0 Å². The summed E-state index contributed by atoms with van der Waals surface area (Å²) in [6, 6.07) is 14.1. The lowest BCUT2D eigenvalue weighted by molar-refractivity contribution is 0.171. The van der Waals surface area contributed by atoms with Gasteiger partial charge in [0.05, 0.1) is 11.2 Å². The molecule has 1 fully saturated rings. The van der Waals surface area contributed by atoms with Crippen molar-refractivity contribution < 1.29 is 9.47 Å². The van der Waals surface area contributed by atoms with Gasteiger partial charge in [-0.15, -0.1) is 24.8 Å². The SMILES string of the molecule is Cl.Cl.NCC1CCCN(Cc2cc3cc4c(cc3nc2-c2ccc(Cl)cc2)OCO4)C1. The quantitative estimate of drug-likeness (QED) is 0.547. The van der Waals surface area contributed by atoms with Crippen LogP contribution in [0.3, 0.4) is 0 Å². The predicted molar refractivity (Wildman–Crippen MR) is 130 cm³/mol. The standard InChI is InChI=1S/C23H24ClN3O2.2ClH/c24-19-5-3-16(4-6-19)23-18(13-27-7-1-2-15(11-25)12-27)8-17-9-21-22(29-14-28-21)10-20(17)26-23;;/h3-6,8-10,15H,1-2,7,11-14,25H2;2*1H. The number of aromatic nitrogens is 1. The van der Waals surface area contributed by atoms with Crippen molar-refractivity contribution in [2.24, 2.45) is 11.7 Å². The van der Waals surface area contributed by atoms with Gasteiger partial charge in [0.15, 0.2) is 11.5 Å². The lowest BCUT2D eigenvalue weighted by Crippen LogP contribution is -2.38. The van der Waals surface area contributed by atoms with Crippen molar-refractivity contribution in [3.8, 4) is 22.8 Å². The lowest BCUT2D eigenvalue weighted by Gasteiger charge is -2.32. The molecule has 2 aliphatic heterocycles. The van der Waals surface area contributed by atoms with Crippen LogP contribution in [-0.2, 0) is 6.54 Å². The first-order valence-electron chi connectivity index (χ1n) is 10.1. The zero-order chi connectivity index (χ0) is 19.8. The number of fused-ring (bicyclic) bond motifs is 2. The molecule has 3 heterocycles. The Bertz CT molecular complexity index is 1050. The zero-order valence-corrected chi connectivity index (χ0v) is 19.4. The Kier molecular flexibility index (Phi) is 7.89. The first kappa shape index (κ1) is 23.9. The third-order valence-corrected chi connectivity index (χ3v) is 6.09. The first-order valence-corrected chi connectivity index (χ1v) is 10.5. The Balaban J connectivity index is 0.00000136. The minimum absolute atomic E-state index is 0. The van der Waals surface area contributed by atoms with Gasteiger partial charge >= 0.3 is 0 Å². The molecule has 0 saturated carbocycles. The number of halogens is 3. The third-order valence-electron chi connectivity index (χ3n) is 5.84. The Morgan fingerprint density at radius 1 is 1.06 bits per heavy atom. The molecular weight excluding hydrogens is 457 g/mol. The van der Waals surface area contributed by atoms with Crippen molar-refractivity contribution in [2.45, 2.75) is 19.4 Å². The van der Waals surface area contributed by atoms with Crippen LogP contribution in [0.5, 0.6) is 11.5 Å². The summed E-state index contributed by atoms with van der Waals surface area (Å²) in [5.74, 6) is 2.11. The highest BCUT2D eigenvalue weighted by Crippen LogP contribution is 2.37. The predicted octanol–water partition coefficient (Wildman–Crippen LogP) is 5.30. The monoisotopic (exact) mass is 481 g/mol. The second-order valence-electron chi connectivity index (χ2n) is 7.88. The van der Waals surface area contributed by atoms with E-state index in [1.165, 1.54) is 18.4 Å². The van der Waals surface area contributed by atoms with Crippen LogP contribution in [0.25, 0.3) is 22.2 Å². The highest BCUT2D eigenvalue weighted by atomic mass is 35.5. The third kappa shape index (κ3) is 5.02. The average molecular weight is 483 g/mol. The zero-order valence-electron chi connectivity index (χ0n) is 17.1. The molecule has 2 N–H and O–H groups in total. The molecule has 0 bridgehead atoms. The van der Waals surface area contributed by atoms with Gasteiger partial charge in [0.1, 0.15) is 0 Å². The number of ether oxygens (including phenoxy) is 2. The maximum absolute atomic E-state index is 6.11. The summed E-state index contributed by atoms with van der Waals surface area (Å²) in [6.45, 7) is 3.99. The van der Waals surface area contributed by atoms with Gasteiger partial charge in [0, 0.05) is 35.1 Å². The van der Waals surface area contributed by atoms with Crippen molar-refractivity contribution >= 4 is 47.3 Å². The summed E-state index contributed by atoms with van der Waals surface area (Å²) in [5, 5.41) is 1.79. The molecule has 166 valence electrons. The molecule has 31 heavy (non-hydrogen) atoms. The molecule has 8 heteroatoms. The maximum atomic E-state index is 6.11. The van der Waals surface area contributed by atoms with Crippen LogP contribution >= 0.6 is 36.4 Å². The minimum atomic E-state index is 0. The highest BCUT2D eigenvalue weighted by molar-refractivity contribution is 6.30. The average Bonchev–Trinajstić information content (AvgIpc) is 3.20. The molecule has 0 spiro atoms. The highest BCUT2D eigenvalue weighted by Gasteiger charge is 2.22. The van der Waals surface area contributed by atoms with E-state index < -0.39 is 0 Å². The molecule has 0 amide bonds. The van der Waals surface area contributed by atoms with E-state index in [2.05, 4.69) is 11.0 Å². The molecule has 0 radical (unpaired) electrons. The normalized spacial score (nSPS) is 17.8. The first-order chi connectivity index (χ1) is 14.2. The van der Waals surface area contributed by atoms with E-state index in [9.17, 15) is 0 Å². The fraction of sp³-hybridized carbons (Fsp3) is 0.348. The largest absolute Gasteiger partial charge is 0.454 e. The summed E-state index contributed by atoms with van der Waals surface area (Å²) in [4.78, 5) is 7.52. The van der Waals surface area contributed by atoms with Gasteiger partial charge < -0.3 is 15.2 Å². The summed E-state index contributed by atoms with van der Waals surface area (Å²) >= 11 is 6.11. The number of pyridine rings is 1. The molecule has 5 rings (SSSR count). The van der Waals surface area contributed by atoms with Crippen LogP contribution in [0.15, 0.2) is 42.5 Å². The van der Waals surface area contributed by atoms with E-state index in [-0.39, 0.29) is 31.6 Å². The molecule has 2 aliphatic rings. The van der Waals surface area contributed by atoms with Gasteiger partial charge in [-0.05, 0) is 61.7 Å². The van der Waals surface area contributed by atoms with Crippen molar-refractivity contribution in [1.82, 2.24) is 9.88 Å². The van der Waals surface area contributed by atoms with Gasteiger partial charge in [-0.3, -0.25) is 4.90 Å². The summed E-state index contributed by atoms with van der Waals surface area (Å²) in [6.07, 6.45) is 2.41. The van der Waals surface area contributed by atoms with Crippen molar-refractivity contribution in [3.63, 3.8) is 0 Å². The van der Waals surface area contributed by atoms with Gasteiger partial charge in [-0.1, -0.05) is 23.7 Å². The fourth-order valence-corrected chi connectivity index (χ4v) is 4.44. The maximum Gasteiger partial charge on any atom is 0.231 e. The molecule has 1 aromatic heterocycles. The molecule has 0 aliphatic carbocycles. The van der Waals surface area contributed by atoms with E-state index in [1.54, 1.807) is 0 Å². The second kappa shape index (κ2) is 10.2. The Labute approximate surface area is 199 Å². The van der Waals surface area contributed by atoms with Gasteiger partial charge in [-0.25, -0.2) is 4.98 Å². The topological polar surface area (TPSA) is 60.6 Å². The number of benzene rings is 2. The van der Waals surface area contributed by atoms with Crippen LogP contribution < -0.4 is 15.2 Å². The van der Waals surface area contributed by atoms with E-state index >= 15 is 0 Å². The van der Waals surface area contributed by atoms with Gasteiger partial charge in [0.25, 0.3) is 0 Å². The van der Waals surface area contributed by atoms with Crippen molar-refractivity contribution in [3.05, 3.63) is 53.1 Å². The van der Waals surface area contributed by atoms with Crippen LogP contribution in [-0.4, -0.2) is 36.3 Å². The van der Waals surface area contributed by atoms with Crippen LogP contribution in [0.2, 0.25) is 5.02 Å². The van der Waals surface area contributed by atoms with E-state index in [0.717, 1.165) is 64.9 Å². The van der Waals surface area contributed by atoms with Crippen LogP contribution in [0, 0.1) is 5.92 Å². The number of likely N-dealkylation sites (tertiary alicyclic amines) is 1. The molecule has 3 aromatic rings. The van der Waals surface area contributed by atoms with Crippen molar-refractivity contribution in [2.75, 3.05) is 26.4 Å². The Morgan fingerprint density at radius 2 is 1.81 bits per heavy atom. The van der Waals surface area contributed by atoms with Gasteiger partial charge in [0.2, 0.25) is 6.79 Å². The van der Waals surface area contributed by atoms with E-state index in [4.69, 9.17) is 31.8 Å². The number of nitrogens with zero attached hydrogens (tertiary/aromatic N) is 2. The molecule has 2 aromatic carbocycles. The fourth-order valence-electron chi connectivity index (χ4n) is 4.31. The molecule has 1 unspecified atom stereocenters. The van der Waals surface area contributed by atoms with Crippen molar-refractivity contribution in [1.29, 1.82) is 0 Å². The smallest absolute Gasteiger partial charge is 0.231 e. The lowest BCUT2D eigenvalue weighted by atomic mass is 9.96. The van der Waals surface area contributed by atoms with E-state index in [1.807, 2.05) is 36.4 Å². The summed E-state index contributed by atoms with van der Waals surface area (Å²) in [7, 11) is 0. The second-order valence-corrected chi connectivity index (χ2v) is 8.32. The van der Waals surface area contributed by atoms with E-state index in [0.29, 0.717) is 5.92 Å². The summed E-state index contributed by atoms with van der Waals surface area (Å²) in [5.41, 5.74) is 10.1. The molecule has 5 nitrogen and oxygen atoms in total. The molecule has 1 saturated heterocycles. The number of hydrogen-bond donors (Lipinski definition) is 1. The minimum Gasteiger partial charge on any atom is -0.454 e. The Hall–Kier alpha value is -1.76. The van der Waals surface area contributed by atoms with Crippen LogP contribution in [0.4, 0.5) is 0 Å². The van der Waals surface area contributed by atoms with Crippen LogP contribution in [0.1, 0.15) is 18.4 Å². The number of nitrogens with two attached hydrogens (primary N) is 1. The summed E-state index contributed by atoms with van der Waals surface area (Å²) < 4.78 is 11.1. The number of hydrogen-bond acceptors (Lipinski definition) is 5. The molecule has 1 atom stereocenters. The Morgan fingerprint density at radius 3 is 2.55 bits per heavy atom. The number of rotatable bonds is 4. The number of piperidine rings is 1. The molecular formula is C23H26Cl3N3O2.